The van der Waals surface area contributed by atoms with Gasteiger partial charge in [0, 0.05) is 9.35 Å². The smallest absolute Gasteiger partial charge is 0.342 e. The van der Waals surface area contributed by atoms with Gasteiger partial charge in [0.1, 0.15) is 11.3 Å². The van der Waals surface area contributed by atoms with Crippen LogP contribution < -0.4 is 5.32 Å². The van der Waals surface area contributed by atoms with Crippen molar-refractivity contribution in [2.75, 3.05) is 6.61 Å². The SMILES string of the molecule is C[C@H](NC(=O)COC(=O)c1cc(Br)ccc1O)c1cccs1. The highest BCUT2D eigenvalue weighted by molar-refractivity contribution is 9.10. The lowest BCUT2D eigenvalue weighted by Crippen LogP contribution is -2.30. The molecule has 22 heavy (non-hydrogen) atoms. The van der Waals surface area contributed by atoms with Crippen LogP contribution in [0.2, 0.25) is 0 Å². The van der Waals surface area contributed by atoms with E-state index >= 15 is 0 Å². The largest absolute Gasteiger partial charge is 0.507 e. The predicted octanol–water partition coefficient (Wildman–Crippen LogP) is 3.25. The number of amides is 1. The molecule has 1 aromatic carbocycles. The van der Waals surface area contributed by atoms with Crippen molar-refractivity contribution in [3.8, 4) is 5.75 Å². The van der Waals surface area contributed by atoms with Gasteiger partial charge in [-0.15, -0.1) is 11.3 Å². The summed E-state index contributed by atoms with van der Waals surface area (Å²) in [6.45, 7) is 1.45. The maximum absolute atomic E-state index is 11.9. The van der Waals surface area contributed by atoms with E-state index in [4.69, 9.17) is 4.74 Å². The standard InChI is InChI=1S/C15H14BrNO4S/c1-9(13-3-2-6-22-13)17-14(19)8-21-15(20)11-7-10(16)4-5-12(11)18/h2-7,9,18H,8H2,1H3,(H,17,19)/t9-/m0/s1. The van der Waals surface area contributed by atoms with E-state index in [1.165, 1.54) is 23.5 Å². The first kappa shape index (κ1) is 16.5. The van der Waals surface area contributed by atoms with E-state index in [-0.39, 0.29) is 17.4 Å². The molecule has 0 bridgehead atoms. The van der Waals surface area contributed by atoms with E-state index in [2.05, 4.69) is 21.2 Å². The molecule has 0 aliphatic rings. The number of halogens is 1. The molecule has 2 N–H and O–H groups in total. The fourth-order valence-corrected chi connectivity index (χ4v) is 2.87. The second-order valence-corrected chi connectivity index (χ2v) is 6.44. The maximum Gasteiger partial charge on any atom is 0.342 e. The van der Waals surface area contributed by atoms with E-state index in [0.29, 0.717) is 4.47 Å². The van der Waals surface area contributed by atoms with Crippen LogP contribution in [-0.4, -0.2) is 23.6 Å². The number of hydrogen-bond acceptors (Lipinski definition) is 5. The summed E-state index contributed by atoms with van der Waals surface area (Å²) in [5, 5.41) is 14.3. The lowest BCUT2D eigenvalue weighted by atomic mass is 10.2. The van der Waals surface area contributed by atoms with Crippen molar-refractivity contribution >= 4 is 39.1 Å². The van der Waals surface area contributed by atoms with Crippen LogP contribution in [0.25, 0.3) is 0 Å². The summed E-state index contributed by atoms with van der Waals surface area (Å²) in [5.41, 5.74) is 0.00785. The first-order valence-corrected chi connectivity index (χ1v) is 8.13. The highest BCUT2D eigenvalue weighted by atomic mass is 79.9. The molecule has 0 saturated carbocycles. The molecule has 1 amide bonds. The summed E-state index contributed by atoms with van der Waals surface area (Å²) >= 11 is 4.74. The number of nitrogens with one attached hydrogen (secondary N) is 1. The second-order valence-electron chi connectivity index (χ2n) is 4.54. The van der Waals surface area contributed by atoms with E-state index < -0.39 is 18.5 Å². The normalized spacial score (nSPS) is 11.7. The van der Waals surface area contributed by atoms with Gasteiger partial charge >= 0.3 is 5.97 Å². The molecule has 0 fully saturated rings. The zero-order valence-corrected chi connectivity index (χ0v) is 14.1. The van der Waals surface area contributed by atoms with E-state index in [0.717, 1.165) is 4.88 Å². The van der Waals surface area contributed by atoms with Crippen LogP contribution in [0.3, 0.4) is 0 Å². The minimum absolute atomic E-state index is 0.00785. The van der Waals surface area contributed by atoms with E-state index in [1.807, 2.05) is 24.4 Å². The number of esters is 1. The Hall–Kier alpha value is -1.86. The van der Waals surface area contributed by atoms with Crippen LogP contribution >= 0.6 is 27.3 Å². The molecule has 5 nitrogen and oxygen atoms in total. The molecule has 0 aliphatic heterocycles. The number of benzene rings is 1. The van der Waals surface area contributed by atoms with Crippen LogP contribution in [0.1, 0.15) is 28.2 Å². The van der Waals surface area contributed by atoms with Crippen LogP contribution in [0.4, 0.5) is 0 Å². The first-order chi connectivity index (χ1) is 10.5. The molecular formula is C15H14BrNO4S. The summed E-state index contributed by atoms with van der Waals surface area (Å²) < 4.78 is 5.55. The van der Waals surface area contributed by atoms with Gasteiger partial charge in [-0.25, -0.2) is 4.79 Å². The summed E-state index contributed by atoms with van der Waals surface area (Å²) in [7, 11) is 0. The molecule has 0 saturated heterocycles. The van der Waals surface area contributed by atoms with Gasteiger partial charge in [0.25, 0.3) is 5.91 Å². The number of phenols is 1. The number of thiophene rings is 1. The van der Waals surface area contributed by atoms with Gasteiger partial charge in [-0.3, -0.25) is 4.79 Å². The van der Waals surface area contributed by atoms with Crippen molar-refractivity contribution < 1.29 is 19.4 Å². The maximum atomic E-state index is 11.9. The number of phenolic OH excluding ortho intramolecular Hbond substituents is 1. The van der Waals surface area contributed by atoms with Crippen molar-refractivity contribution in [3.63, 3.8) is 0 Å². The van der Waals surface area contributed by atoms with Gasteiger partial charge < -0.3 is 15.2 Å². The van der Waals surface area contributed by atoms with Crippen molar-refractivity contribution in [2.45, 2.75) is 13.0 Å². The number of ether oxygens (including phenoxy) is 1. The zero-order valence-electron chi connectivity index (χ0n) is 11.7. The molecule has 0 aliphatic carbocycles. The fraction of sp³-hybridized carbons (Fsp3) is 0.200. The number of rotatable bonds is 5. The monoisotopic (exact) mass is 383 g/mol. The Morgan fingerprint density at radius 1 is 1.41 bits per heavy atom. The van der Waals surface area contributed by atoms with Crippen LogP contribution in [-0.2, 0) is 9.53 Å². The molecule has 0 unspecified atom stereocenters. The molecule has 116 valence electrons. The molecule has 2 aromatic rings. The van der Waals surface area contributed by atoms with E-state index in [1.54, 1.807) is 6.07 Å². The topological polar surface area (TPSA) is 75.6 Å². The molecule has 0 spiro atoms. The lowest BCUT2D eigenvalue weighted by Gasteiger charge is -2.12. The minimum atomic E-state index is -0.752. The highest BCUT2D eigenvalue weighted by Gasteiger charge is 2.16. The zero-order chi connectivity index (χ0) is 16.1. The van der Waals surface area contributed by atoms with Crippen molar-refractivity contribution in [3.05, 3.63) is 50.6 Å². The molecule has 2 rings (SSSR count). The minimum Gasteiger partial charge on any atom is -0.507 e. The van der Waals surface area contributed by atoms with Gasteiger partial charge in [0.15, 0.2) is 6.61 Å². The Bertz CT molecular complexity index is 672. The predicted molar refractivity (Wildman–Crippen MR) is 87.0 cm³/mol. The van der Waals surface area contributed by atoms with E-state index in [9.17, 15) is 14.7 Å². The number of carbonyl (C=O) groups excluding carboxylic acids is 2. The second kappa shape index (κ2) is 7.42. The molecular weight excluding hydrogens is 370 g/mol. The first-order valence-electron chi connectivity index (χ1n) is 6.46. The van der Waals surface area contributed by atoms with Crippen LogP contribution in [0, 0.1) is 0 Å². The Kier molecular flexibility index (Phi) is 5.57. The lowest BCUT2D eigenvalue weighted by molar-refractivity contribution is -0.124. The summed E-state index contributed by atoms with van der Waals surface area (Å²) in [5.74, 6) is -1.35. The Labute approximate surface area is 140 Å². The van der Waals surface area contributed by atoms with Gasteiger partial charge in [0.2, 0.25) is 0 Å². The number of hydrogen-bond donors (Lipinski definition) is 2. The Balaban J connectivity index is 1.88. The fourth-order valence-electron chi connectivity index (χ4n) is 1.77. The van der Waals surface area contributed by atoms with Crippen molar-refractivity contribution in [2.24, 2.45) is 0 Å². The van der Waals surface area contributed by atoms with Gasteiger partial charge in [-0.1, -0.05) is 22.0 Å². The molecule has 7 heteroatoms. The average molecular weight is 384 g/mol. The Morgan fingerprint density at radius 2 is 2.18 bits per heavy atom. The summed E-state index contributed by atoms with van der Waals surface area (Å²) in [4.78, 5) is 24.7. The molecule has 1 atom stereocenters. The third kappa shape index (κ3) is 4.32. The highest BCUT2D eigenvalue weighted by Crippen LogP contribution is 2.22. The summed E-state index contributed by atoms with van der Waals surface area (Å²) in [6.07, 6.45) is 0. The van der Waals surface area contributed by atoms with Crippen LogP contribution in [0.15, 0.2) is 40.2 Å². The summed E-state index contributed by atoms with van der Waals surface area (Å²) in [6, 6.07) is 8.08. The third-order valence-corrected chi connectivity index (χ3v) is 4.41. The average Bonchev–Trinajstić information content (AvgIpc) is 3.01. The quantitative estimate of drug-likeness (QED) is 0.776. The van der Waals surface area contributed by atoms with Crippen LogP contribution in [0.5, 0.6) is 5.75 Å². The van der Waals surface area contributed by atoms with Gasteiger partial charge in [-0.05, 0) is 36.6 Å². The van der Waals surface area contributed by atoms with Crippen molar-refractivity contribution in [1.82, 2.24) is 5.32 Å². The Morgan fingerprint density at radius 3 is 2.86 bits per heavy atom. The molecule has 1 heterocycles. The number of aromatic hydroxyl groups is 1. The van der Waals surface area contributed by atoms with Gasteiger partial charge in [0.05, 0.1) is 6.04 Å². The third-order valence-electron chi connectivity index (χ3n) is 2.86. The van der Waals surface area contributed by atoms with Crippen molar-refractivity contribution in [1.29, 1.82) is 0 Å². The number of carbonyl (C=O) groups is 2. The molecule has 1 aromatic heterocycles. The van der Waals surface area contributed by atoms with Gasteiger partial charge in [-0.2, -0.15) is 0 Å². The molecule has 0 radical (unpaired) electrons.